The van der Waals surface area contributed by atoms with Crippen LogP contribution in [0.3, 0.4) is 0 Å². The molecule has 1 saturated carbocycles. The number of hydrogen-bond donors (Lipinski definition) is 2. The van der Waals surface area contributed by atoms with E-state index in [-0.39, 0.29) is 11.9 Å². The summed E-state index contributed by atoms with van der Waals surface area (Å²) in [5.41, 5.74) is 1.89. The summed E-state index contributed by atoms with van der Waals surface area (Å²) in [6.45, 7) is 1.52. The molecule has 2 fully saturated rings. The molecule has 0 radical (unpaired) electrons. The van der Waals surface area contributed by atoms with Crippen molar-refractivity contribution in [3.63, 3.8) is 0 Å². The van der Waals surface area contributed by atoms with Gasteiger partial charge in [0.05, 0.1) is 0 Å². The van der Waals surface area contributed by atoms with E-state index in [1.165, 1.54) is 19.3 Å². The third kappa shape index (κ3) is 4.53. The molecule has 0 bridgehead atoms. The minimum absolute atomic E-state index is 0.0177. The van der Waals surface area contributed by atoms with Crippen LogP contribution in [0.2, 0.25) is 0 Å². The second-order valence-electron chi connectivity index (χ2n) is 7.27. The minimum atomic E-state index is -0.0177. The first-order valence-corrected chi connectivity index (χ1v) is 9.55. The maximum atomic E-state index is 12.6. The van der Waals surface area contributed by atoms with Crippen molar-refractivity contribution >= 4 is 11.9 Å². The van der Waals surface area contributed by atoms with Crippen LogP contribution < -0.4 is 10.6 Å². The van der Waals surface area contributed by atoms with Crippen molar-refractivity contribution in [2.75, 3.05) is 20.1 Å². The van der Waals surface area contributed by atoms with E-state index in [1.54, 1.807) is 7.05 Å². The molecule has 2 aliphatic rings. The standard InChI is InChI=1S/C20H29N3O2/c1-21-20(25)23-12-6-9-17(14-23)15-7-5-8-16(13-15)19(24)22-18-10-3-2-4-11-18/h5,7-8,13,17-18H,2-4,6,9-12,14H2,1H3,(H,21,25)(H,22,24)/t17-/m0/s1. The van der Waals surface area contributed by atoms with Gasteiger partial charge in [0.2, 0.25) is 0 Å². The van der Waals surface area contributed by atoms with E-state index < -0.39 is 0 Å². The third-order valence-electron chi connectivity index (χ3n) is 5.48. The van der Waals surface area contributed by atoms with Crippen LogP contribution >= 0.6 is 0 Å². The molecule has 1 heterocycles. The SMILES string of the molecule is CNC(=O)N1CCC[C@H](c2cccc(C(=O)NC3CCCCC3)c2)C1. The number of amides is 3. The monoisotopic (exact) mass is 343 g/mol. The fourth-order valence-electron chi connectivity index (χ4n) is 4.04. The fourth-order valence-corrected chi connectivity index (χ4v) is 4.04. The topological polar surface area (TPSA) is 61.4 Å². The molecular weight excluding hydrogens is 314 g/mol. The van der Waals surface area contributed by atoms with Crippen molar-refractivity contribution in [2.24, 2.45) is 0 Å². The first kappa shape index (κ1) is 17.8. The highest BCUT2D eigenvalue weighted by atomic mass is 16.2. The number of benzene rings is 1. The van der Waals surface area contributed by atoms with Crippen LogP contribution in [-0.2, 0) is 0 Å². The zero-order valence-electron chi connectivity index (χ0n) is 15.1. The van der Waals surface area contributed by atoms with E-state index in [2.05, 4.69) is 16.7 Å². The zero-order valence-corrected chi connectivity index (χ0v) is 15.1. The van der Waals surface area contributed by atoms with Gasteiger partial charge in [0.1, 0.15) is 0 Å². The normalized spacial score (nSPS) is 21.6. The molecule has 1 saturated heterocycles. The van der Waals surface area contributed by atoms with Crippen LogP contribution in [-0.4, -0.2) is 43.0 Å². The van der Waals surface area contributed by atoms with E-state index in [0.29, 0.717) is 18.5 Å². The lowest BCUT2D eigenvalue weighted by Gasteiger charge is -2.32. The van der Waals surface area contributed by atoms with Gasteiger partial charge in [-0.25, -0.2) is 4.79 Å². The van der Waals surface area contributed by atoms with Crippen molar-refractivity contribution < 1.29 is 9.59 Å². The zero-order chi connectivity index (χ0) is 17.6. The molecule has 1 aromatic rings. The lowest BCUT2D eigenvalue weighted by Crippen LogP contribution is -2.43. The minimum Gasteiger partial charge on any atom is -0.349 e. The van der Waals surface area contributed by atoms with Crippen LogP contribution in [0.25, 0.3) is 0 Å². The van der Waals surface area contributed by atoms with E-state index in [9.17, 15) is 9.59 Å². The smallest absolute Gasteiger partial charge is 0.317 e. The van der Waals surface area contributed by atoms with Gasteiger partial charge in [0.25, 0.3) is 5.91 Å². The quantitative estimate of drug-likeness (QED) is 0.885. The summed E-state index contributed by atoms with van der Waals surface area (Å²) in [6, 6.07) is 8.25. The number of urea groups is 1. The predicted molar refractivity (Wildman–Crippen MR) is 98.8 cm³/mol. The number of rotatable bonds is 3. The first-order chi connectivity index (χ1) is 12.2. The van der Waals surface area contributed by atoms with Gasteiger partial charge in [-0.05, 0) is 43.4 Å². The summed E-state index contributed by atoms with van der Waals surface area (Å²) in [6.07, 6.45) is 7.94. The Labute approximate surface area is 150 Å². The van der Waals surface area contributed by atoms with Crippen LogP contribution in [0.5, 0.6) is 0 Å². The summed E-state index contributed by atoms with van der Waals surface area (Å²) in [5.74, 6) is 0.334. The van der Waals surface area contributed by atoms with Crippen LogP contribution in [0.15, 0.2) is 24.3 Å². The summed E-state index contributed by atoms with van der Waals surface area (Å²) in [7, 11) is 1.67. The maximum absolute atomic E-state index is 12.6. The lowest BCUT2D eigenvalue weighted by molar-refractivity contribution is 0.0927. The molecular formula is C20H29N3O2. The number of hydrogen-bond acceptors (Lipinski definition) is 2. The summed E-state index contributed by atoms with van der Waals surface area (Å²) < 4.78 is 0. The van der Waals surface area contributed by atoms with Crippen LogP contribution in [0.1, 0.15) is 66.8 Å². The Kier molecular flexibility index (Phi) is 5.95. The Balaban J connectivity index is 1.66. The third-order valence-corrected chi connectivity index (χ3v) is 5.48. The largest absolute Gasteiger partial charge is 0.349 e. The summed E-state index contributed by atoms with van der Waals surface area (Å²) in [5, 5.41) is 5.89. The van der Waals surface area contributed by atoms with Gasteiger partial charge in [0.15, 0.2) is 0 Å². The number of nitrogens with one attached hydrogen (secondary N) is 2. The van der Waals surface area contributed by atoms with E-state index in [4.69, 9.17) is 0 Å². The van der Waals surface area contributed by atoms with Gasteiger partial charge in [-0.2, -0.15) is 0 Å². The number of nitrogens with zero attached hydrogens (tertiary/aromatic N) is 1. The van der Waals surface area contributed by atoms with Gasteiger partial charge in [-0.1, -0.05) is 31.4 Å². The molecule has 5 heteroatoms. The Hall–Kier alpha value is -2.04. The van der Waals surface area contributed by atoms with Gasteiger partial charge in [-0.15, -0.1) is 0 Å². The number of likely N-dealkylation sites (tertiary alicyclic amines) is 1. The molecule has 2 N–H and O–H groups in total. The van der Waals surface area contributed by atoms with Crippen LogP contribution in [0.4, 0.5) is 4.79 Å². The molecule has 1 atom stereocenters. The van der Waals surface area contributed by atoms with E-state index in [1.807, 2.05) is 23.1 Å². The van der Waals surface area contributed by atoms with Gasteiger partial charge in [-0.3, -0.25) is 4.79 Å². The van der Waals surface area contributed by atoms with Crippen LogP contribution in [0, 0.1) is 0 Å². The maximum Gasteiger partial charge on any atom is 0.317 e. The average molecular weight is 343 g/mol. The highest BCUT2D eigenvalue weighted by molar-refractivity contribution is 5.94. The molecule has 25 heavy (non-hydrogen) atoms. The van der Waals surface area contributed by atoms with Gasteiger partial charge >= 0.3 is 6.03 Å². The van der Waals surface area contributed by atoms with Gasteiger partial charge < -0.3 is 15.5 Å². The molecule has 1 aliphatic heterocycles. The Bertz CT molecular complexity index is 611. The highest BCUT2D eigenvalue weighted by Crippen LogP contribution is 2.27. The second kappa shape index (κ2) is 8.37. The van der Waals surface area contributed by atoms with Crippen molar-refractivity contribution in [1.82, 2.24) is 15.5 Å². The highest BCUT2D eigenvalue weighted by Gasteiger charge is 2.25. The Morgan fingerprint density at radius 2 is 1.88 bits per heavy atom. The first-order valence-electron chi connectivity index (χ1n) is 9.55. The Morgan fingerprint density at radius 3 is 2.64 bits per heavy atom. The van der Waals surface area contributed by atoms with Crippen molar-refractivity contribution in [3.05, 3.63) is 35.4 Å². The average Bonchev–Trinajstić information content (AvgIpc) is 2.68. The van der Waals surface area contributed by atoms with Crippen molar-refractivity contribution in [2.45, 2.75) is 56.9 Å². The Morgan fingerprint density at radius 1 is 1.08 bits per heavy atom. The summed E-state index contributed by atoms with van der Waals surface area (Å²) in [4.78, 5) is 26.3. The van der Waals surface area contributed by atoms with Gasteiger partial charge in [0, 0.05) is 37.7 Å². The molecule has 1 aliphatic carbocycles. The summed E-state index contributed by atoms with van der Waals surface area (Å²) >= 11 is 0. The van der Waals surface area contributed by atoms with Crippen molar-refractivity contribution in [3.8, 4) is 0 Å². The number of carbonyl (C=O) groups excluding carboxylic acids is 2. The van der Waals surface area contributed by atoms with Crippen molar-refractivity contribution in [1.29, 1.82) is 0 Å². The molecule has 1 aromatic carbocycles. The fraction of sp³-hybridized carbons (Fsp3) is 0.600. The lowest BCUT2D eigenvalue weighted by atomic mass is 9.89. The molecule has 5 nitrogen and oxygen atoms in total. The molecule has 0 unspecified atom stereocenters. The molecule has 0 aromatic heterocycles. The van der Waals surface area contributed by atoms with E-state index in [0.717, 1.165) is 43.4 Å². The molecule has 3 amide bonds. The molecule has 0 spiro atoms. The molecule has 136 valence electrons. The second-order valence-corrected chi connectivity index (χ2v) is 7.27. The molecule has 3 rings (SSSR count). The number of piperidine rings is 1. The predicted octanol–water partition coefficient (Wildman–Crippen LogP) is 3.27. The number of carbonyl (C=O) groups is 2. The van der Waals surface area contributed by atoms with E-state index >= 15 is 0 Å².